The van der Waals surface area contributed by atoms with Gasteiger partial charge in [-0.05, 0) is 50.3 Å². The van der Waals surface area contributed by atoms with E-state index in [1.807, 2.05) is 30.5 Å². The number of esters is 1. The lowest BCUT2D eigenvalue weighted by Gasteiger charge is -2.31. The summed E-state index contributed by atoms with van der Waals surface area (Å²) in [5.41, 5.74) is 0.678. The van der Waals surface area contributed by atoms with E-state index < -0.39 is 0 Å². The van der Waals surface area contributed by atoms with Crippen LogP contribution >= 0.6 is 11.8 Å². The van der Waals surface area contributed by atoms with Crippen molar-refractivity contribution in [1.29, 1.82) is 0 Å². The number of benzene rings is 1. The summed E-state index contributed by atoms with van der Waals surface area (Å²) in [7, 11) is 0. The highest BCUT2D eigenvalue weighted by Crippen LogP contribution is 2.21. The van der Waals surface area contributed by atoms with E-state index in [4.69, 9.17) is 4.74 Å². The number of rotatable bonds is 4. The molecule has 1 aromatic rings. The monoisotopic (exact) mass is 307 g/mol. The van der Waals surface area contributed by atoms with Gasteiger partial charge in [-0.3, -0.25) is 9.59 Å². The summed E-state index contributed by atoms with van der Waals surface area (Å²) < 4.78 is 5.07. The van der Waals surface area contributed by atoms with E-state index in [9.17, 15) is 9.59 Å². The third-order valence-corrected chi connectivity index (χ3v) is 4.41. The van der Waals surface area contributed by atoms with Gasteiger partial charge in [-0.15, -0.1) is 11.8 Å². The zero-order chi connectivity index (χ0) is 15.2. The normalized spacial score (nSPS) is 18.4. The van der Waals surface area contributed by atoms with Crippen molar-refractivity contribution in [3.8, 4) is 0 Å². The Hall–Kier alpha value is -1.49. The van der Waals surface area contributed by atoms with Crippen molar-refractivity contribution in [3.05, 3.63) is 29.8 Å². The van der Waals surface area contributed by atoms with Crippen LogP contribution in [0.5, 0.6) is 0 Å². The number of ether oxygens (including phenoxy) is 1. The predicted molar refractivity (Wildman–Crippen MR) is 83.5 cm³/mol. The fourth-order valence-electron chi connectivity index (χ4n) is 2.53. The maximum Gasteiger partial charge on any atom is 0.310 e. The van der Waals surface area contributed by atoms with Crippen LogP contribution in [0.3, 0.4) is 0 Å². The minimum Gasteiger partial charge on any atom is -0.466 e. The van der Waals surface area contributed by atoms with Gasteiger partial charge >= 0.3 is 5.97 Å². The van der Waals surface area contributed by atoms with Crippen LogP contribution in [0, 0.1) is 5.92 Å². The van der Waals surface area contributed by atoms with Gasteiger partial charge in [0.15, 0.2) is 0 Å². The molecule has 1 fully saturated rings. The highest BCUT2D eigenvalue weighted by molar-refractivity contribution is 7.98. The molecule has 2 rings (SSSR count). The van der Waals surface area contributed by atoms with E-state index in [2.05, 4.69) is 0 Å². The van der Waals surface area contributed by atoms with Crippen molar-refractivity contribution in [3.63, 3.8) is 0 Å². The highest BCUT2D eigenvalue weighted by atomic mass is 32.2. The van der Waals surface area contributed by atoms with Gasteiger partial charge in [-0.1, -0.05) is 0 Å². The molecule has 0 aromatic heterocycles. The molecule has 1 amide bonds. The number of hydrogen-bond acceptors (Lipinski definition) is 4. The molecule has 0 aliphatic carbocycles. The first-order chi connectivity index (χ1) is 10.2. The molecular formula is C16H21NO3S. The Morgan fingerprint density at radius 1 is 1.33 bits per heavy atom. The van der Waals surface area contributed by atoms with E-state index >= 15 is 0 Å². The molecule has 1 aromatic carbocycles. The molecule has 21 heavy (non-hydrogen) atoms. The molecule has 0 spiro atoms. The van der Waals surface area contributed by atoms with Crippen molar-refractivity contribution in [2.75, 3.05) is 26.0 Å². The first kappa shape index (κ1) is 15.9. The van der Waals surface area contributed by atoms with Crippen molar-refractivity contribution in [2.45, 2.75) is 24.7 Å². The summed E-state index contributed by atoms with van der Waals surface area (Å²) in [5, 5.41) is 0. The van der Waals surface area contributed by atoms with Crippen LogP contribution < -0.4 is 0 Å². The Bertz CT molecular complexity index is 501. The zero-order valence-electron chi connectivity index (χ0n) is 12.5. The number of carbonyl (C=O) groups excluding carboxylic acids is 2. The first-order valence-corrected chi connectivity index (χ1v) is 8.48. The average Bonchev–Trinajstić information content (AvgIpc) is 2.54. The standard InChI is InChI=1S/C16H21NO3S/c1-3-20-16(19)13-5-4-10-17(11-13)15(18)12-6-8-14(21-2)9-7-12/h6-9,13H,3-5,10-11H2,1-2H3/t13-/m1/s1. The number of hydrogen-bond donors (Lipinski definition) is 0. The van der Waals surface area contributed by atoms with Gasteiger partial charge in [0.05, 0.1) is 12.5 Å². The van der Waals surface area contributed by atoms with Gasteiger partial charge < -0.3 is 9.64 Å². The van der Waals surface area contributed by atoms with Gasteiger partial charge in [0.1, 0.15) is 0 Å². The predicted octanol–water partition coefficient (Wildman–Crippen LogP) is 2.82. The van der Waals surface area contributed by atoms with Crippen LogP contribution in [0.1, 0.15) is 30.1 Å². The van der Waals surface area contributed by atoms with E-state index in [-0.39, 0.29) is 17.8 Å². The smallest absolute Gasteiger partial charge is 0.310 e. The highest BCUT2D eigenvalue weighted by Gasteiger charge is 2.29. The van der Waals surface area contributed by atoms with Gasteiger partial charge in [0, 0.05) is 23.5 Å². The van der Waals surface area contributed by atoms with E-state index in [0.29, 0.717) is 25.3 Å². The van der Waals surface area contributed by atoms with Crippen molar-refractivity contribution < 1.29 is 14.3 Å². The van der Waals surface area contributed by atoms with Crippen LogP contribution in [-0.2, 0) is 9.53 Å². The summed E-state index contributed by atoms with van der Waals surface area (Å²) in [5.74, 6) is -0.377. The Morgan fingerprint density at radius 2 is 2.05 bits per heavy atom. The first-order valence-electron chi connectivity index (χ1n) is 7.25. The summed E-state index contributed by atoms with van der Waals surface area (Å²) in [6, 6.07) is 7.60. The topological polar surface area (TPSA) is 46.6 Å². The third kappa shape index (κ3) is 4.00. The number of carbonyl (C=O) groups is 2. The maximum absolute atomic E-state index is 12.5. The van der Waals surface area contributed by atoms with Crippen LogP contribution in [0.4, 0.5) is 0 Å². The SMILES string of the molecule is CCOC(=O)[C@@H]1CCCN(C(=O)c2ccc(SC)cc2)C1. The summed E-state index contributed by atoms with van der Waals surface area (Å²) in [6.07, 6.45) is 3.65. The number of amides is 1. The summed E-state index contributed by atoms with van der Waals surface area (Å²) in [4.78, 5) is 27.2. The third-order valence-electron chi connectivity index (χ3n) is 3.67. The average molecular weight is 307 g/mol. The minimum absolute atomic E-state index is 0.00310. The van der Waals surface area contributed by atoms with Crippen molar-refractivity contribution in [2.24, 2.45) is 5.92 Å². The summed E-state index contributed by atoms with van der Waals surface area (Å²) in [6.45, 7) is 3.36. The molecule has 0 N–H and O–H groups in total. The number of piperidine rings is 1. The lowest BCUT2D eigenvalue weighted by Crippen LogP contribution is -2.42. The molecule has 0 bridgehead atoms. The van der Waals surface area contributed by atoms with Crippen molar-refractivity contribution in [1.82, 2.24) is 4.90 Å². The number of nitrogens with zero attached hydrogens (tertiary/aromatic N) is 1. The molecule has 0 saturated carbocycles. The quantitative estimate of drug-likeness (QED) is 0.634. The number of thioether (sulfide) groups is 1. The van der Waals surface area contributed by atoms with Gasteiger partial charge in [-0.2, -0.15) is 0 Å². The Kier molecular flexibility index (Phi) is 5.67. The van der Waals surface area contributed by atoms with E-state index in [1.54, 1.807) is 23.6 Å². The lowest BCUT2D eigenvalue weighted by molar-refractivity contribution is -0.149. The zero-order valence-corrected chi connectivity index (χ0v) is 13.3. The van der Waals surface area contributed by atoms with Crippen LogP contribution in [0.15, 0.2) is 29.2 Å². The largest absolute Gasteiger partial charge is 0.466 e. The van der Waals surface area contributed by atoms with Gasteiger partial charge in [0.25, 0.3) is 5.91 Å². The molecule has 1 aliphatic heterocycles. The second kappa shape index (κ2) is 7.50. The number of likely N-dealkylation sites (tertiary alicyclic amines) is 1. The molecule has 5 heteroatoms. The molecule has 114 valence electrons. The molecule has 1 saturated heterocycles. The van der Waals surface area contributed by atoms with Gasteiger partial charge in [0.2, 0.25) is 0 Å². The second-order valence-corrected chi connectivity index (χ2v) is 5.95. The van der Waals surface area contributed by atoms with E-state index in [1.165, 1.54) is 0 Å². The molecule has 4 nitrogen and oxygen atoms in total. The molecule has 0 unspecified atom stereocenters. The molecule has 1 aliphatic rings. The Labute approximate surface area is 129 Å². The molecular weight excluding hydrogens is 286 g/mol. The fraction of sp³-hybridized carbons (Fsp3) is 0.500. The molecule has 0 radical (unpaired) electrons. The van der Waals surface area contributed by atoms with Crippen LogP contribution in [0.25, 0.3) is 0 Å². The minimum atomic E-state index is -0.187. The van der Waals surface area contributed by atoms with Crippen LogP contribution in [0.2, 0.25) is 0 Å². The second-order valence-electron chi connectivity index (χ2n) is 5.07. The van der Waals surface area contributed by atoms with Gasteiger partial charge in [-0.25, -0.2) is 0 Å². The molecule has 1 heterocycles. The maximum atomic E-state index is 12.5. The van der Waals surface area contributed by atoms with E-state index in [0.717, 1.165) is 17.7 Å². The van der Waals surface area contributed by atoms with Crippen LogP contribution in [-0.4, -0.2) is 42.7 Å². The molecule has 1 atom stereocenters. The fourth-order valence-corrected chi connectivity index (χ4v) is 2.94. The lowest BCUT2D eigenvalue weighted by atomic mass is 9.97. The Morgan fingerprint density at radius 3 is 2.67 bits per heavy atom. The summed E-state index contributed by atoms with van der Waals surface area (Å²) >= 11 is 1.65. The van der Waals surface area contributed by atoms with Crippen molar-refractivity contribution >= 4 is 23.6 Å². The Balaban J connectivity index is 2.02.